The Labute approximate surface area is 125 Å². The van der Waals surface area contributed by atoms with Crippen LogP contribution in [0.3, 0.4) is 0 Å². The van der Waals surface area contributed by atoms with Crippen LogP contribution in [0.4, 0.5) is 4.39 Å². The Kier molecular flexibility index (Phi) is 6.15. The first-order chi connectivity index (χ1) is 9.85. The molecule has 1 aromatic rings. The second-order valence-electron chi connectivity index (χ2n) is 5.47. The Morgan fingerprint density at radius 1 is 1.43 bits per heavy atom. The minimum absolute atomic E-state index is 0.147. The zero-order valence-electron chi connectivity index (χ0n) is 13.3. The van der Waals surface area contributed by atoms with Crippen molar-refractivity contribution in [1.29, 1.82) is 0 Å². The molecule has 0 aromatic heterocycles. The molecule has 0 aliphatic rings. The molecule has 4 nitrogen and oxygen atoms in total. The molecule has 21 heavy (non-hydrogen) atoms. The van der Waals surface area contributed by atoms with Gasteiger partial charge in [0.1, 0.15) is 5.54 Å². The predicted octanol–water partition coefficient (Wildman–Crippen LogP) is 2.86. The van der Waals surface area contributed by atoms with Crippen LogP contribution in [0.2, 0.25) is 0 Å². The number of nitrogens with one attached hydrogen (secondary N) is 1. The summed E-state index contributed by atoms with van der Waals surface area (Å²) in [6.07, 6.45) is 0. The van der Waals surface area contributed by atoms with Crippen LogP contribution in [-0.2, 0) is 15.1 Å². The lowest BCUT2D eigenvalue weighted by Gasteiger charge is -2.30. The molecule has 1 aromatic carbocycles. The average Bonchev–Trinajstić information content (AvgIpc) is 2.44. The Balaban J connectivity index is 3.16. The summed E-state index contributed by atoms with van der Waals surface area (Å²) in [5, 5.41) is 3.18. The van der Waals surface area contributed by atoms with Gasteiger partial charge in [0.25, 0.3) is 0 Å². The van der Waals surface area contributed by atoms with Gasteiger partial charge in [-0.2, -0.15) is 0 Å². The molecule has 0 heterocycles. The van der Waals surface area contributed by atoms with Crippen LogP contribution in [0.15, 0.2) is 18.2 Å². The number of rotatable bonds is 7. The summed E-state index contributed by atoms with van der Waals surface area (Å²) >= 11 is 0. The summed E-state index contributed by atoms with van der Waals surface area (Å²) in [7, 11) is 1.40. The quantitative estimate of drug-likeness (QED) is 0.786. The van der Waals surface area contributed by atoms with Crippen molar-refractivity contribution < 1.29 is 18.7 Å². The van der Waals surface area contributed by atoms with E-state index >= 15 is 0 Å². The minimum Gasteiger partial charge on any atom is -0.494 e. The number of ether oxygens (including phenoxy) is 2. The SMILES string of the molecule is CCOC(=O)C(C)(NCC(C)C)c1ccc(OC)c(F)c1. The number of esters is 1. The third kappa shape index (κ3) is 4.17. The normalized spacial score (nSPS) is 13.9. The van der Waals surface area contributed by atoms with Gasteiger partial charge in [-0.25, -0.2) is 9.18 Å². The van der Waals surface area contributed by atoms with Gasteiger partial charge in [-0.15, -0.1) is 0 Å². The summed E-state index contributed by atoms with van der Waals surface area (Å²) in [5.74, 6) is -0.428. The molecule has 0 radical (unpaired) electrons. The molecule has 0 aliphatic carbocycles. The average molecular weight is 297 g/mol. The highest BCUT2D eigenvalue weighted by Crippen LogP contribution is 2.27. The maximum Gasteiger partial charge on any atom is 0.330 e. The lowest BCUT2D eigenvalue weighted by Crippen LogP contribution is -2.49. The summed E-state index contributed by atoms with van der Waals surface area (Å²) in [6, 6.07) is 4.49. The lowest BCUT2D eigenvalue weighted by molar-refractivity contribution is -0.151. The lowest BCUT2D eigenvalue weighted by atomic mass is 9.91. The topological polar surface area (TPSA) is 47.6 Å². The molecule has 1 unspecified atom stereocenters. The minimum atomic E-state index is -1.09. The number of carbonyl (C=O) groups excluding carboxylic acids is 1. The second kappa shape index (κ2) is 7.41. The Hall–Kier alpha value is -1.62. The van der Waals surface area contributed by atoms with Crippen molar-refractivity contribution in [2.45, 2.75) is 33.2 Å². The van der Waals surface area contributed by atoms with Gasteiger partial charge in [-0.1, -0.05) is 19.9 Å². The molecular formula is C16H24FNO3. The number of halogens is 1. The molecule has 0 saturated carbocycles. The number of benzene rings is 1. The van der Waals surface area contributed by atoms with Crippen molar-refractivity contribution in [2.24, 2.45) is 5.92 Å². The van der Waals surface area contributed by atoms with Crippen molar-refractivity contribution in [3.8, 4) is 5.75 Å². The third-order valence-electron chi connectivity index (χ3n) is 3.28. The zero-order chi connectivity index (χ0) is 16.0. The smallest absolute Gasteiger partial charge is 0.330 e. The van der Waals surface area contributed by atoms with Gasteiger partial charge in [0.05, 0.1) is 13.7 Å². The van der Waals surface area contributed by atoms with Crippen molar-refractivity contribution >= 4 is 5.97 Å². The van der Waals surface area contributed by atoms with Gasteiger partial charge in [0.15, 0.2) is 11.6 Å². The molecule has 1 rings (SSSR count). The third-order valence-corrected chi connectivity index (χ3v) is 3.28. The van der Waals surface area contributed by atoms with Crippen LogP contribution in [0.5, 0.6) is 5.75 Å². The van der Waals surface area contributed by atoms with Gasteiger partial charge < -0.3 is 9.47 Å². The Bertz CT molecular complexity index is 490. The van der Waals surface area contributed by atoms with Crippen LogP contribution < -0.4 is 10.1 Å². The van der Waals surface area contributed by atoms with Gasteiger partial charge >= 0.3 is 5.97 Å². The van der Waals surface area contributed by atoms with Crippen molar-refractivity contribution in [3.05, 3.63) is 29.6 Å². The summed E-state index contributed by atoms with van der Waals surface area (Å²) in [4.78, 5) is 12.3. The molecule has 1 N–H and O–H groups in total. The van der Waals surface area contributed by atoms with E-state index in [1.54, 1.807) is 19.9 Å². The second-order valence-corrected chi connectivity index (χ2v) is 5.47. The number of carbonyl (C=O) groups is 1. The zero-order valence-corrected chi connectivity index (χ0v) is 13.3. The van der Waals surface area contributed by atoms with Crippen molar-refractivity contribution in [3.63, 3.8) is 0 Å². The summed E-state index contributed by atoms with van der Waals surface area (Å²) in [6.45, 7) is 8.41. The van der Waals surface area contributed by atoms with Gasteiger partial charge in [0, 0.05) is 0 Å². The number of hydrogen-bond acceptors (Lipinski definition) is 4. The highest BCUT2D eigenvalue weighted by molar-refractivity contribution is 5.82. The Morgan fingerprint density at radius 3 is 2.57 bits per heavy atom. The maximum absolute atomic E-state index is 13.9. The molecule has 0 bridgehead atoms. The first kappa shape index (κ1) is 17.4. The molecule has 0 amide bonds. The molecule has 0 aliphatic heterocycles. The first-order valence-electron chi connectivity index (χ1n) is 7.11. The van der Waals surface area contributed by atoms with Gasteiger partial charge in [-0.3, -0.25) is 5.32 Å². The molecule has 0 fully saturated rings. The fraction of sp³-hybridized carbons (Fsp3) is 0.562. The fourth-order valence-electron chi connectivity index (χ4n) is 1.95. The molecule has 118 valence electrons. The number of hydrogen-bond donors (Lipinski definition) is 1. The highest BCUT2D eigenvalue weighted by Gasteiger charge is 2.37. The van der Waals surface area contributed by atoms with Crippen LogP contribution in [0.25, 0.3) is 0 Å². The Morgan fingerprint density at radius 2 is 2.10 bits per heavy atom. The van der Waals surface area contributed by atoms with E-state index in [0.29, 0.717) is 18.0 Å². The number of methoxy groups -OCH3 is 1. The summed E-state index contributed by atoms with van der Waals surface area (Å²) < 4.78 is 24.0. The molecule has 0 spiro atoms. The van der Waals surface area contributed by atoms with Crippen molar-refractivity contribution in [2.75, 3.05) is 20.3 Å². The van der Waals surface area contributed by atoms with E-state index in [2.05, 4.69) is 5.32 Å². The van der Waals surface area contributed by atoms with Crippen LogP contribution >= 0.6 is 0 Å². The standard InChI is InChI=1S/C16H24FNO3/c1-6-21-15(19)16(4,18-10-11(2)3)12-7-8-14(20-5)13(17)9-12/h7-9,11,18H,6,10H2,1-5H3. The van der Waals surface area contributed by atoms with Gasteiger partial charge in [-0.05, 0) is 44.0 Å². The fourth-order valence-corrected chi connectivity index (χ4v) is 1.95. The van der Waals surface area contributed by atoms with Gasteiger partial charge in [0.2, 0.25) is 0 Å². The van der Waals surface area contributed by atoms with Crippen molar-refractivity contribution in [1.82, 2.24) is 5.32 Å². The highest BCUT2D eigenvalue weighted by atomic mass is 19.1. The molecule has 0 saturated heterocycles. The summed E-state index contributed by atoms with van der Waals surface area (Å²) in [5.41, 5.74) is -0.576. The van der Waals surface area contributed by atoms with E-state index in [0.717, 1.165) is 0 Å². The van der Waals surface area contributed by atoms with E-state index in [-0.39, 0.29) is 12.4 Å². The van der Waals surface area contributed by atoms with E-state index in [1.165, 1.54) is 19.2 Å². The maximum atomic E-state index is 13.9. The largest absolute Gasteiger partial charge is 0.494 e. The van der Waals surface area contributed by atoms with E-state index in [1.807, 2.05) is 13.8 Å². The molecule has 5 heteroatoms. The monoisotopic (exact) mass is 297 g/mol. The van der Waals surface area contributed by atoms with Crippen LogP contribution in [-0.4, -0.2) is 26.2 Å². The van der Waals surface area contributed by atoms with Crippen LogP contribution in [0, 0.1) is 11.7 Å². The van der Waals surface area contributed by atoms with Crippen LogP contribution in [0.1, 0.15) is 33.3 Å². The molecular weight excluding hydrogens is 273 g/mol. The van der Waals surface area contributed by atoms with E-state index < -0.39 is 17.3 Å². The first-order valence-corrected chi connectivity index (χ1v) is 7.11. The van der Waals surface area contributed by atoms with E-state index in [9.17, 15) is 9.18 Å². The van der Waals surface area contributed by atoms with E-state index in [4.69, 9.17) is 9.47 Å². The predicted molar refractivity (Wildman–Crippen MR) is 79.8 cm³/mol. The molecule has 1 atom stereocenters.